The molecule has 0 unspecified atom stereocenters. The molecule has 0 bridgehead atoms. The van der Waals surface area contributed by atoms with Crippen molar-refractivity contribution in [2.75, 3.05) is 0 Å². The smallest absolute Gasteiger partial charge is 0.106 e. The van der Waals surface area contributed by atoms with E-state index in [9.17, 15) is 0 Å². The van der Waals surface area contributed by atoms with E-state index < -0.39 is 5.54 Å². The number of halogens is 1. The van der Waals surface area contributed by atoms with Gasteiger partial charge in [-0.3, -0.25) is 0 Å². The van der Waals surface area contributed by atoms with E-state index in [0.717, 1.165) is 10.2 Å². The van der Waals surface area contributed by atoms with Crippen LogP contribution in [-0.2, 0) is 5.54 Å². The summed E-state index contributed by atoms with van der Waals surface area (Å²) in [6.07, 6.45) is 1.69. The van der Waals surface area contributed by atoms with E-state index in [1.54, 1.807) is 6.20 Å². The van der Waals surface area contributed by atoms with Gasteiger partial charge in [-0.15, -0.1) is 0 Å². The van der Waals surface area contributed by atoms with Gasteiger partial charge >= 0.3 is 0 Å². The third-order valence-electron chi connectivity index (χ3n) is 1.73. The quantitative estimate of drug-likeness (QED) is 0.338. The third kappa shape index (κ3) is 2.44. The van der Waals surface area contributed by atoms with Crippen molar-refractivity contribution in [2.45, 2.75) is 19.4 Å². The van der Waals surface area contributed by atoms with Crippen molar-refractivity contribution < 1.29 is 0 Å². The highest BCUT2D eigenvalue weighted by Crippen LogP contribution is 2.24. The van der Waals surface area contributed by atoms with E-state index >= 15 is 0 Å². The van der Waals surface area contributed by atoms with Crippen molar-refractivity contribution in [2.24, 2.45) is 5.11 Å². The Hall–Kier alpha value is -1.06. The van der Waals surface area contributed by atoms with Gasteiger partial charge in [0.2, 0.25) is 0 Å². The number of hydrogen-bond donors (Lipinski definition) is 0. The Morgan fingerprint density at radius 3 is 2.69 bits per heavy atom. The monoisotopic (exact) mass is 240 g/mol. The number of aromatic nitrogens is 1. The molecule has 0 atom stereocenters. The fourth-order valence-corrected chi connectivity index (χ4v) is 1.14. The summed E-state index contributed by atoms with van der Waals surface area (Å²) in [5.41, 5.74) is 8.70. The van der Waals surface area contributed by atoms with Gasteiger partial charge in [-0.05, 0) is 33.1 Å². The van der Waals surface area contributed by atoms with Crippen LogP contribution in [0, 0.1) is 0 Å². The van der Waals surface area contributed by atoms with Gasteiger partial charge in [0.05, 0.1) is 5.54 Å². The first-order valence-corrected chi connectivity index (χ1v) is 4.54. The lowest BCUT2D eigenvalue weighted by Crippen LogP contribution is -2.12. The van der Waals surface area contributed by atoms with Crippen LogP contribution >= 0.6 is 15.9 Å². The molecule has 0 radical (unpaired) electrons. The Bertz CT molecular complexity index is 338. The average Bonchev–Trinajstić information content (AvgIpc) is 2.05. The standard InChI is InChI=1S/C8H9BrN4/c1-8(2,12-13-10)6-3-4-7(9)11-5-6/h3-5H,1-2H3. The summed E-state index contributed by atoms with van der Waals surface area (Å²) in [5.74, 6) is 0. The van der Waals surface area contributed by atoms with E-state index in [2.05, 4.69) is 30.9 Å². The Balaban J connectivity index is 3.07. The number of rotatable bonds is 2. The van der Waals surface area contributed by atoms with E-state index in [0.29, 0.717) is 0 Å². The first kappa shape index (κ1) is 10.0. The topological polar surface area (TPSA) is 61.7 Å². The molecule has 5 heteroatoms. The Morgan fingerprint density at radius 2 is 2.23 bits per heavy atom. The summed E-state index contributed by atoms with van der Waals surface area (Å²) in [6, 6.07) is 3.70. The molecule has 0 saturated carbocycles. The summed E-state index contributed by atoms with van der Waals surface area (Å²) in [5, 5.41) is 3.68. The molecular weight excluding hydrogens is 232 g/mol. The zero-order chi connectivity index (χ0) is 9.90. The lowest BCUT2D eigenvalue weighted by molar-refractivity contribution is 0.548. The van der Waals surface area contributed by atoms with Gasteiger partial charge in [-0.1, -0.05) is 25.0 Å². The SMILES string of the molecule is CC(C)(N=[N+]=[N-])c1ccc(Br)nc1. The zero-order valence-electron chi connectivity index (χ0n) is 7.40. The maximum absolute atomic E-state index is 8.35. The van der Waals surface area contributed by atoms with Crippen LogP contribution in [0.25, 0.3) is 10.4 Å². The lowest BCUT2D eigenvalue weighted by atomic mass is 9.98. The van der Waals surface area contributed by atoms with E-state index in [1.807, 2.05) is 26.0 Å². The van der Waals surface area contributed by atoms with Crippen LogP contribution in [0.3, 0.4) is 0 Å². The maximum Gasteiger partial charge on any atom is 0.106 e. The number of pyridine rings is 1. The largest absolute Gasteiger partial charge is 0.249 e. The molecule has 0 saturated heterocycles. The molecule has 0 aromatic carbocycles. The maximum atomic E-state index is 8.35. The van der Waals surface area contributed by atoms with Gasteiger partial charge in [-0.2, -0.15) is 0 Å². The zero-order valence-corrected chi connectivity index (χ0v) is 8.98. The van der Waals surface area contributed by atoms with Crippen molar-refractivity contribution >= 4 is 15.9 Å². The van der Waals surface area contributed by atoms with E-state index in [1.165, 1.54) is 0 Å². The minimum atomic E-state index is -0.539. The lowest BCUT2D eigenvalue weighted by Gasteiger charge is -2.17. The second-order valence-corrected chi connectivity index (χ2v) is 3.93. The number of nitrogens with zero attached hydrogens (tertiary/aromatic N) is 4. The van der Waals surface area contributed by atoms with Crippen molar-refractivity contribution in [3.63, 3.8) is 0 Å². The Morgan fingerprint density at radius 1 is 1.54 bits per heavy atom. The van der Waals surface area contributed by atoms with E-state index in [4.69, 9.17) is 5.53 Å². The molecule has 1 rings (SSSR count). The van der Waals surface area contributed by atoms with Crippen molar-refractivity contribution in [3.8, 4) is 0 Å². The molecule has 0 spiro atoms. The van der Waals surface area contributed by atoms with E-state index in [-0.39, 0.29) is 0 Å². The van der Waals surface area contributed by atoms with Gasteiger partial charge in [0.15, 0.2) is 0 Å². The molecule has 1 heterocycles. The van der Waals surface area contributed by atoms with Crippen molar-refractivity contribution in [1.82, 2.24) is 4.98 Å². The minimum absolute atomic E-state index is 0.539. The molecule has 68 valence electrons. The first-order valence-electron chi connectivity index (χ1n) is 3.74. The predicted molar refractivity (Wildman–Crippen MR) is 54.1 cm³/mol. The number of azide groups is 1. The number of hydrogen-bond acceptors (Lipinski definition) is 2. The van der Waals surface area contributed by atoms with Gasteiger partial charge in [-0.25, -0.2) is 4.98 Å². The van der Waals surface area contributed by atoms with Crippen LogP contribution in [0.15, 0.2) is 28.0 Å². The van der Waals surface area contributed by atoms with Crippen LogP contribution in [0.5, 0.6) is 0 Å². The highest BCUT2D eigenvalue weighted by Gasteiger charge is 2.18. The Kier molecular flexibility index (Phi) is 2.90. The third-order valence-corrected chi connectivity index (χ3v) is 2.20. The summed E-state index contributed by atoms with van der Waals surface area (Å²) in [6.45, 7) is 3.69. The summed E-state index contributed by atoms with van der Waals surface area (Å²) < 4.78 is 0.771. The molecule has 1 aromatic rings. The van der Waals surface area contributed by atoms with Crippen LogP contribution in [0.1, 0.15) is 19.4 Å². The van der Waals surface area contributed by atoms with Crippen LogP contribution in [0.4, 0.5) is 0 Å². The molecule has 1 aromatic heterocycles. The molecule has 0 amide bonds. The first-order chi connectivity index (χ1) is 6.06. The second kappa shape index (κ2) is 3.77. The molecular formula is C8H9BrN4. The molecule has 0 aliphatic rings. The van der Waals surface area contributed by atoms with Crippen LogP contribution in [0.2, 0.25) is 0 Å². The van der Waals surface area contributed by atoms with Gasteiger partial charge in [0.25, 0.3) is 0 Å². The molecule has 0 aliphatic heterocycles. The fraction of sp³-hybridized carbons (Fsp3) is 0.375. The molecule has 0 aliphatic carbocycles. The highest BCUT2D eigenvalue weighted by atomic mass is 79.9. The molecule has 0 fully saturated rings. The summed E-state index contributed by atoms with van der Waals surface area (Å²) in [4.78, 5) is 6.85. The van der Waals surface area contributed by atoms with Crippen molar-refractivity contribution in [1.29, 1.82) is 0 Å². The fourth-order valence-electron chi connectivity index (χ4n) is 0.907. The molecule has 4 nitrogen and oxygen atoms in total. The van der Waals surface area contributed by atoms with Gasteiger partial charge in [0.1, 0.15) is 4.60 Å². The van der Waals surface area contributed by atoms with Crippen LogP contribution in [-0.4, -0.2) is 4.98 Å². The normalized spacial score (nSPS) is 10.7. The second-order valence-electron chi connectivity index (χ2n) is 3.12. The molecule has 0 N–H and O–H groups in total. The minimum Gasteiger partial charge on any atom is -0.249 e. The van der Waals surface area contributed by atoms with Crippen LogP contribution < -0.4 is 0 Å². The van der Waals surface area contributed by atoms with Gasteiger partial charge < -0.3 is 0 Å². The summed E-state index contributed by atoms with van der Waals surface area (Å²) >= 11 is 3.24. The Labute approximate surface area is 84.7 Å². The van der Waals surface area contributed by atoms with Crippen molar-refractivity contribution in [3.05, 3.63) is 38.9 Å². The summed E-state index contributed by atoms with van der Waals surface area (Å²) in [7, 11) is 0. The van der Waals surface area contributed by atoms with Gasteiger partial charge in [0, 0.05) is 11.1 Å². The average molecular weight is 241 g/mol. The highest BCUT2D eigenvalue weighted by molar-refractivity contribution is 9.10. The molecule has 13 heavy (non-hydrogen) atoms. The predicted octanol–water partition coefficient (Wildman–Crippen LogP) is 3.39.